The topological polar surface area (TPSA) is 86.2 Å². The Labute approximate surface area is 161 Å². The van der Waals surface area contributed by atoms with E-state index in [9.17, 15) is 0 Å². The van der Waals surface area contributed by atoms with E-state index in [0.717, 1.165) is 11.3 Å². The van der Waals surface area contributed by atoms with Gasteiger partial charge in [0.25, 0.3) is 0 Å². The van der Waals surface area contributed by atoms with Crippen molar-refractivity contribution in [3.63, 3.8) is 0 Å². The Morgan fingerprint density at radius 2 is 1.89 bits per heavy atom. The number of hydrogen-bond donors (Lipinski definition) is 0. The Morgan fingerprint density at radius 3 is 2.63 bits per heavy atom. The lowest BCUT2D eigenvalue weighted by Gasteiger charge is -2.36. The van der Waals surface area contributed by atoms with Gasteiger partial charge >= 0.3 is 0 Å². The van der Waals surface area contributed by atoms with Crippen LogP contribution in [0.4, 0.5) is 5.82 Å². The second kappa shape index (κ2) is 7.42. The van der Waals surface area contributed by atoms with Crippen molar-refractivity contribution in [2.45, 2.75) is 12.6 Å². The smallest absolute Gasteiger partial charge is 0.216 e. The molecule has 0 bridgehead atoms. The first-order chi connectivity index (χ1) is 13.2. The van der Waals surface area contributed by atoms with E-state index in [1.807, 2.05) is 4.90 Å². The molecule has 4 heterocycles. The van der Waals surface area contributed by atoms with Gasteiger partial charge in [0.2, 0.25) is 5.88 Å². The minimum Gasteiger partial charge on any atom is -0.481 e. The number of rotatable bonds is 4. The summed E-state index contributed by atoms with van der Waals surface area (Å²) in [6.45, 7) is 0.661. The van der Waals surface area contributed by atoms with E-state index in [2.05, 4.69) is 24.9 Å². The van der Waals surface area contributed by atoms with Gasteiger partial charge in [0.15, 0.2) is 17.9 Å². The highest BCUT2D eigenvalue weighted by Crippen LogP contribution is 2.34. The summed E-state index contributed by atoms with van der Waals surface area (Å²) in [5.41, 5.74) is 1.79. The van der Waals surface area contributed by atoms with E-state index in [-0.39, 0.29) is 6.23 Å². The normalized spacial score (nSPS) is 16.1. The molecule has 8 nitrogen and oxygen atoms in total. The van der Waals surface area contributed by atoms with Crippen molar-refractivity contribution in [3.8, 4) is 17.5 Å². The molecule has 9 heteroatoms. The summed E-state index contributed by atoms with van der Waals surface area (Å²) < 4.78 is 11.0. The molecule has 0 amide bonds. The van der Waals surface area contributed by atoms with E-state index in [1.165, 1.54) is 0 Å². The zero-order valence-electron chi connectivity index (χ0n) is 14.8. The highest BCUT2D eigenvalue weighted by atomic mass is 35.5. The van der Waals surface area contributed by atoms with Crippen molar-refractivity contribution in [2.75, 3.05) is 25.7 Å². The van der Waals surface area contributed by atoms with Crippen LogP contribution in [0.2, 0.25) is 5.02 Å². The molecule has 3 aromatic rings. The molecule has 0 aliphatic carbocycles. The van der Waals surface area contributed by atoms with Crippen LogP contribution in [-0.2, 0) is 11.2 Å². The number of halogens is 1. The molecule has 1 unspecified atom stereocenters. The number of aromatic nitrogens is 5. The molecule has 4 rings (SSSR count). The number of ether oxygens (including phenoxy) is 2. The number of nitrogens with zero attached hydrogens (tertiary/aromatic N) is 6. The SMILES string of the molecule is COc1cc(Cl)cc(N2CCc3nc(-c4ncccn4)ncc3C2OC)n1. The van der Waals surface area contributed by atoms with Crippen LogP contribution < -0.4 is 9.64 Å². The molecule has 0 aromatic carbocycles. The van der Waals surface area contributed by atoms with E-state index in [4.69, 9.17) is 21.1 Å². The molecule has 0 N–H and O–H groups in total. The first kappa shape index (κ1) is 17.6. The van der Waals surface area contributed by atoms with Crippen LogP contribution in [0.15, 0.2) is 36.8 Å². The predicted octanol–water partition coefficient (Wildman–Crippen LogP) is 2.70. The molecule has 1 aliphatic rings. The van der Waals surface area contributed by atoms with Crippen LogP contribution in [-0.4, -0.2) is 45.7 Å². The summed E-state index contributed by atoms with van der Waals surface area (Å²) in [5.74, 6) is 2.12. The summed E-state index contributed by atoms with van der Waals surface area (Å²) in [5, 5.41) is 0.547. The molecule has 0 fully saturated rings. The van der Waals surface area contributed by atoms with Crippen LogP contribution >= 0.6 is 11.6 Å². The molecular weight excluding hydrogens is 368 g/mol. The molecule has 1 atom stereocenters. The van der Waals surface area contributed by atoms with Crippen LogP contribution in [0.1, 0.15) is 17.5 Å². The fraction of sp³-hybridized carbons (Fsp3) is 0.278. The summed E-state index contributed by atoms with van der Waals surface area (Å²) >= 11 is 6.20. The van der Waals surface area contributed by atoms with Crippen molar-refractivity contribution in [3.05, 3.63) is 53.1 Å². The van der Waals surface area contributed by atoms with E-state index in [0.29, 0.717) is 41.3 Å². The van der Waals surface area contributed by atoms with E-state index >= 15 is 0 Å². The maximum Gasteiger partial charge on any atom is 0.216 e. The summed E-state index contributed by atoms with van der Waals surface area (Å²) in [6.07, 6.45) is 5.42. The Balaban J connectivity index is 1.70. The third-order valence-electron chi connectivity index (χ3n) is 4.28. The van der Waals surface area contributed by atoms with Crippen LogP contribution in [0, 0.1) is 0 Å². The average molecular weight is 385 g/mol. The lowest BCUT2D eigenvalue weighted by atomic mass is 10.1. The molecule has 0 spiro atoms. The molecule has 0 saturated heterocycles. The number of pyridine rings is 1. The number of hydrogen-bond acceptors (Lipinski definition) is 8. The fourth-order valence-corrected chi connectivity index (χ4v) is 3.26. The Morgan fingerprint density at radius 1 is 1.07 bits per heavy atom. The highest BCUT2D eigenvalue weighted by Gasteiger charge is 2.30. The zero-order valence-corrected chi connectivity index (χ0v) is 15.6. The van der Waals surface area contributed by atoms with Gasteiger partial charge in [-0.05, 0) is 12.1 Å². The number of fused-ring (bicyclic) bond motifs is 1. The monoisotopic (exact) mass is 384 g/mol. The van der Waals surface area contributed by atoms with Gasteiger partial charge in [-0.2, -0.15) is 4.98 Å². The maximum atomic E-state index is 6.20. The van der Waals surface area contributed by atoms with Crippen molar-refractivity contribution >= 4 is 17.4 Å². The molecule has 0 saturated carbocycles. The second-order valence-electron chi connectivity index (χ2n) is 5.89. The predicted molar refractivity (Wildman–Crippen MR) is 99.7 cm³/mol. The van der Waals surface area contributed by atoms with Gasteiger partial charge in [-0.15, -0.1) is 0 Å². The lowest BCUT2D eigenvalue weighted by molar-refractivity contribution is 0.0926. The lowest BCUT2D eigenvalue weighted by Crippen LogP contribution is -2.37. The average Bonchev–Trinajstić information content (AvgIpc) is 2.72. The van der Waals surface area contributed by atoms with E-state index in [1.54, 1.807) is 51.0 Å². The maximum absolute atomic E-state index is 6.20. The summed E-state index contributed by atoms with van der Waals surface area (Å²) in [7, 11) is 3.20. The van der Waals surface area contributed by atoms with Crippen LogP contribution in [0.25, 0.3) is 11.6 Å². The number of methoxy groups -OCH3 is 2. The molecule has 27 heavy (non-hydrogen) atoms. The first-order valence-electron chi connectivity index (χ1n) is 8.34. The van der Waals surface area contributed by atoms with Gasteiger partial charge in [-0.25, -0.2) is 19.9 Å². The largest absolute Gasteiger partial charge is 0.481 e. The zero-order chi connectivity index (χ0) is 18.8. The van der Waals surface area contributed by atoms with Crippen LogP contribution in [0.5, 0.6) is 5.88 Å². The van der Waals surface area contributed by atoms with Crippen molar-refractivity contribution in [1.82, 2.24) is 24.9 Å². The second-order valence-corrected chi connectivity index (χ2v) is 6.32. The molecule has 3 aromatic heterocycles. The molecular formula is C18H17ClN6O2. The molecule has 1 aliphatic heterocycles. The molecule has 138 valence electrons. The third-order valence-corrected chi connectivity index (χ3v) is 4.50. The van der Waals surface area contributed by atoms with Gasteiger partial charge in [-0.3, -0.25) is 0 Å². The van der Waals surface area contributed by atoms with Crippen molar-refractivity contribution in [2.24, 2.45) is 0 Å². The quantitative estimate of drug-likeness (QED) is 0.678. The van der Waals surface area contributed by atoms with Gasteiger partial charge in [0, 0.05) is 55.3 Å². The first-order valence-corrected chi connectivity index (χ1v) is 8.71. The van der Waals surface area contributed by atoms with Gasteiger partial charge in [-0.1, -0.05) is 11.6 Å². The van der Waals surface area contributed by atoms with E-state index < -0.39 is 0 Å². The highest BCUT2D eigenvalue weighted by molar-refractivity contribution is 6.30. The van der Waals surface area contributed by atoms with Gasteiger partial charge < -0.3 is 14.4 Å². The van der Waals surface area contributed by atoms with Crippen molar-refractivity contribution < 1.29 is 9.47 Å². The Bertz CT molecular complexity index is 956. The van der Waals surface area contributed by atoms with Crippen LogP contribution in [0.3, 0.4) is 0 Å². The number of anilines is 1. The van der Waals surface area contributed by atoms with Gasteiger partial charge in [0.1, 0.15) is 5.82 Å². The fourth-order valence-electron chi connectivity index (χ4n) is 3.07. The summed E-state index contributed by atoms with van der Waals surface area (Å²) in [4.78, 5) is 24.0. The van der Waals surface area contributed by atoms with Gasteiger partial charge in [0.05, 0.1) is 12.8 Å². The Hall–Kier alpha value is -2.84. The Kier molecular flexibility index (Phi) is 4.83. The van der Waals surface area contributed by atoms with Crippen molar-refractivity contribution in [1.29, 1.82) is 0 Å². The minimum atomic E-state index is -0.379. The third kappa shape index (κ3) is 3.41. The summed E-state index contributed by atoms with van der Waals surface area (Å²) in [6, 6.07) is 5.21. The standard InChI is InChI=1S/C18H17ClN6O2/c1-26-15-9-11(19)8-14(24-15)25-7-4-13-12(18(25)27-2)10-22-17(23-13)16-20-5-3-6-21-16/h3,5-6,8-10,18H,4,7H2,1-2H3. The molecule has 0 radical (unpaired) electrons. The minimum absolute atomic E-state index is 0.379.